The van der Waals surface area contributed by atoms with Crippen molar-refractivity contribution in [1.29, 1.82) is 0 Å². The number of ether oxygens (including phenoxy) is 1. The molecule has 0 radical (unpaired) electrons. The molecule has 0 saturated carbocycles. The molecule has 2 N–H and O–H groups in total. The van der Waals surface area contributed by atoms with E-state index in [0.717, 1.165) is 5.56 Å². The minimum atomic E-state index is -3.90. The van der Waals surface area contributed by atoms with E-state index < -0.39 is 15.9 Å². The summed E-state index contributed by atoms with van der Waals surface area (Å²) < 4.78 is 32.9. The lowest BCUT2D eigenvalue weighted by molar-refractivity contribution is -0.122. The Labute approximate surface area is 203 Å². The summed E-state index contributed by atoms with van der Waals surface area (Å²) in [6, 6.07) is 12.9. The number of sulfonamides is 1. The van der Waals surface area contributed by atoms with Gasteiger partial charge in [-0.05, 0) is 61.9 Å². The number of anilines is 3. The van der Waals surface area contributed by atoms with Crippen molar-refractivity contribution in [3.63, 3.8) is 0 Å². The van der Waals surface area contributed by atoms with E-state index in [9.17, 15) is 18.0 Å². The number of aryl methyl sites for hydroxylation is 2. The fourth-order valence-corrected chi connectivity index (χ4v) is 4.72. The highest BCUT2D eigenvalue weighted by molar-refractivity contribution is 7.92. The molecule has 11 heteroatoms. The zero-order chi connectivity index (χ0) is 25.2. The summed E-state index contributed by atoms with van der Waals surface area (Å²) in [6.45, 7) is 3.86. The zero-order valence-electron chi connectivity index (χ0n) is 19.5. The van der Waals surface area contributed by atoms with Crippen LogP contribution in [0.3, 0.4) is 0 Å². The number of nitrogens with one attached hydrogen (secondary N) is 2. The molecule has 1 fully saturated rings. The quantitative estimate of drug-likeness (QED) is 0.515. The molecule has 2 amide bonds. The number of nitrogens with zero attached hydrogens (tertiary/aromatic N) is 3. The number of rotatable bonds is 7. The van der Waals surface area contributed by atoms with Crippen LogP contribution in [0.15, 0.2) is 59.6 Å². The maximum atomic E-state index is 12.8. The van der Waals surface area contributed by atoms with Crippen molar-refractivity contribution in [2.45, 2.75) is 25.2 Å². The second-order valence-corrected chi connectivity index (χ2v) is 9.90. The van der Waals surface area contributed by atoms with Crippen molar-refractivity contribution in [3.8, 4) is 5.75 Å². The summed E-state index contributed by atoms with van der Waals surface area (Å²) in [6.07, 6.45) is 1.53. The van der Waals surface area contributed by atoms with Crippen molar-refractivity contribution in [2.75, 3.05) is 28.6 Å². The lowest BCUT2D eigenvalue weighted by Crippen LogP contribution is -2.28. The second-order valence-electron chi connectivity index (χ2n) is 8.22. The SMILES string of the molecule is COc1ccc(C)cc1N1CC(C(=O)Nc2ccc(S(=O)(=O)Nc3nccc(C)n3)cc2)CC1=O. The van der Waals surface area contributed by atoms with E-state index in [-0.39, 0.29) is 35.6 Å². The van der Waals surface area contributed by atoms with Gasteiger partial charge in [-0.2, -0.15) is 0 Å². The van der Waals surface area contributed by atoms with E-state index in [4.69, 9.17) is 4.74 Å². The molecule has 3 aromatic rings. The number of carbonyl (C=O) groups excluding carboxylic acids is 2. The molecule has 4 rings (SSSR count). The van der Waals surface area contributed by atoms with Gasteiger partial charge in [-0.25, -0.2) is 23.1 Å². The molecule has 182 valence electrons. The van der Waals surface area contributed by atoms with Crippen LogP contribution in [-0.4, -0.2) is 43.9 Å². The Bertz CT molecular complexity index is 1380. The van der Waals surface area contributed by atoms with Crippen molar-refractivity contribution >= 4 is 39.2 Å². The second kappa shape index (κ2) is 9.71. The summed E-state index contributed by atoms with van der Waals surface area (Å²) in [7, 11) is -2.36. The Hall–Kier alpha value is -3.99. The Morgan fingerprint density at radius 2 is 1.86 bits per heavy atom. The first kappa shape index (κ1) is 24.1. The molecule has 1 aromatic heterocycles. The van der Waals surface area contributed by atoms with Crippen LogP contribution in [0.25, 0.3) is 0 Å². The third-order valence-corrected chi connectivity index (χ3v) is 6.92. The predicted octanol–water partition coefficient (Wildman–Crippen LogP) is 2.89. The van der Waals surface area contributed by atoms with Gasteiger partial charge < -0.3 is 15.0 Å². The molecule has 0 spiro atoms. The number of methoxy groups -OCH3 is 1. The van der Waals surface area contributed by atoms with Gasteiger partial charge in [0.2, 0.25) is 17.8 Å². The monoisotopic (exact) mass is 495 g/mol. The molecule has 2 aromatic carbocycles. The molecular weight excluding hydrogens is 470 g/mol. The molecule has 1 atom stereocenters. The van der Waals surface area contributed by atoms with Crippen molar-refractivity contribution in [2.24, 2.45) is 5.92 Å². The summed E-state index contributed by atoms with van der Waals surface area (Å²) in [5.41, 5.74) is 2.65. The first-order valence-corrected chi connectivity index (χ1v) is 12.3. The number of hydrogen-bond acceptors (Lipinski definition) is 7. The van der Waals surface area contributed by atoms with Crippen LogP contribution >= 0.6 is 0 Å². The largest absolute Gasteiger partial charge is 0.495 e. The van der Waals surface area contributed by atoms with E-state index in [0.29, 0.717) is 22.8 Å². The molecule has 1 aliphatic rings. The van der Waals surface area contributed by atoms with Crippen molar-refractivity contribution < 1.29 is 22.7 Å². The van der Waals surface area contributed by atoms with E-state index in [1.165, 1.54) is 37.6 Å². The average Bonchev–Trinajstić information content (AvgIpc) is 3.21. The van der Waals surface area contributed by atoms with Gasteiger partial charge in [0.1, 0.15) is 5.75 Å². The van der Waals surface area contributed by atoms with Crippen LogP contribution in [0.4, 0.5) is 17.3 Å². The van der Waals surface area contributed by atoms with E-state index in [2.05, 4.69) is 20.0 Å². The van der Waals surface area contributed by atoms with E-state index in [1.807, 2.05) is 19.1 Å². The summed E-state index contributed by atoms with van der Waals surface area (Å²) in [5.74, 6) is -0.514. The number of amides is 2. The van der Waals surface area contributed by atoms with Gasteiger partial charge in [-0.15, -0.1) is 0 Å². The average molecular weight is 496 g/mol. The Kier molecular flexibility index (Phi) is 6.70. The van der Waals surface area contributed by atoms with Gasteiger partial charge in [0, 0.05) is 30.5 Å². The maximum Gasteiger partial charge on any atom is 0.264 e. The highest BCUT2D eigenvalue weighted by Gasteiger charge is 2.36. The fourth-order valence-electron chi connectivity index (χ4n) is 3.77. The van der Waals surface area contributed by atoms with Gasteiger partial charge in [0.15, 0.2) is 0 Å². The van der Waals surface area contributed by atoms with Crippen LogP contribution in [0, 0.1) is 19.8 Å². The normalized spacial score (nSPS) is 15.7. The van der Waals surface area contributed by atoms with Crippen molar-refractivity contribution in [3.05, 3.63) is 66.0 Å². The van der Waals surface area contributed by atoms with Gasteiger partial charge in [0.25, 0.3) is 10.0 Å². The highest BCUT2D eigenvalue weighted by Crippen LogP contribution is 2.34. The van der Waals surface area contributed by atoms with E-state index >= 15 is 0 Å². The number of aromatic nitrogens is 2. The standard InChI is InChI=1S/C24H25N5O5S/c1-15-4-9-21(34-3)20(12-15)29-14-17(13-22(29)30)23(31)27-18-5-7-19(8-6-18)35(32,33)28-24-25-11-10-16(2)26-24/h4-12,17H,13-14H2,1-3H3,(H,27,31)(H,25,26,28). The molecule has 35 heavy (non-hydrogen) atoms. The van der Waals surface area contributed by atoms with Crippen LogP contribution < -0.4 is 19.7 Å². The maximum absolute atomic E-state index is 12.8. The molecule has 1 aliphatic heterocycles. The molecular formula is C24H25N5O5S. The molecule has 0 aliphatic carbocycles. The molecule has 1 unspecified atom stereocenters. The topological polar surface area (TPSA) is 131 Å². The van der Waals surface area contributed by atoms with Gasteiger partial charge in [-0.3, -0.25) is 9.59 Å². The lowest BCUT2D eigenvalue weighted by atomic mass is 10.1. The third-order valence-electron chi connectivity index (χ3n) is 5.57. The van der Waals surface area contributed by atoms with Gasteiger partial charge >= 0.3 is 0 Å². The molecule has 0 bridgehead atoms. The first-order chi connectivity index (χ1) is 16.7. The predicted molar refractivity (Wildman–Crippen MR) is 131 cm³/mol. The van der Waals surface area contributed by atoms with Crippen LogP contribution in [0.2, 0.25) is 0 Å². The minimum absolute atomic E-state index is 0.00522. The number of carbonyl (C=O) groups is 2. The summed E-state index contributed by atoms with van der Waals surface area (Å²) >= 11 is 0. The van der Waals surface area contributed by atoms with Gasteiger partial charge in [-0.1, -0.05) is 6.07 Å². The fraction of sp³-hybridized carbons (Fsp3) is 0.250. The Morgan fingerprint density at radius 3 is 2.54 bits per heavy atom. The van der Waals surface area contributed by atoms with Crippen LogP contribution in [-0.2, 0) is 19.6 Å². The van der Waals surface area contributed by atoms with E-state index in [1.54, 1.807) is 24.0 Å². The summed E-state index contributed by atoms with van der Waals surface area (Å²) in [4.78, 5) is 35.0. The third kappa shape index (κ3) is 5.40. The smallest absolute Gasteiger partial charge is 0.264 e. The zero-order valence-corrected chi connectivity index (χ0v) is 20.3. The molecule has 1 saturated heterocycles. The minimum Gasteiger partial charge on any atom is -0.495 e. The molecule has 10 nitrogen and oxygen atoms in total. The van der Waals surface area contributed by atoms with Crippen LogP contribution in [0.1, 0.15) is 17.7 Å². The number of benzene rings is 2. The number of hydrogen-bond donors (Lipinski definition) is 2. The molecule has 2 heterocycles. The Balaban J connectivity index is 1.42. The Morgan fingerprint density at radius 1 is 1.11 bits per heavy atom. The first-order valence-electron chi connectivity index (χ1n) is 10.8. The lowest BCUT2D eigenvalue weighted by Gasteiger charge is -2.20. The summed E-state index contributed by atoms with van der Waals surface area (Å²) in [5, 5.41) is 2.76. The van der Waals surface area contributed by atoms with Crippen molar-refractivity contribution in [1.82, 2.24) is 9.97 Å². The van der Waals surface area contributed by atoms with Gasteiger partial charge in [0.05, 0.1) is 23.6 Å². The highest BCUT2D eigenvalue weighted by atomic mass is 32.2. The van der Waals surface area contributed by atoms with Crippen LogP contribution in [0.5, 0.6) is 5.75 Å².